The number of sulfone groups is 1. The number of benzene rings is 1. The van der Waals surface area contributed by atoms with E-state index in [0.29, 0.717) is 35.5 Å². The van der Waals surface area contributed by atoms with Gasteiger partial charge < -0.3 is 0 Å². The molecule has 0 saturated carbocycles. The summed E-state index contributed by atoms with van der Waals surface area (Å²) in [5.41, 5.74) is 0.354. The molecule has 0 bridgehead atoms. The molecule has 8 heteroatoms. The van der Waals surface area contributed by atoms with Gasteiger partial charge in [0.15, 0.2) is 21.4 Å². The van der Waals surface area contributed by atoms with E-state index in [1.807, 2.05) is 6.07 Å². The second kappa shape index (κ2) is 9.05. The summed E-state index contributed by atoms with van der Waals surface area (Å²) in [5, 5.41) is 8.97. The first-order chi connectivity index (χ1) is 12.7. The molecule has 0 fully saturated rings. The van der Waals surface area contributed by atoms with Crippen LogP contribution in [0.4, 0.5) is 0 Å². The van der Waals surface area contributed by atoms with Gasteiger partial charge in [-0.3, -0.25) is 9.59 Å². The molecule has 0 amide bonds. The third kappa shape index (κ3) is 4.63. The molecule has 0 atom stereocenters. The van der Waals surface area contributed by atoms with Gasteiger partial charge in [-0.15, -0.1) is 11.8 Å². The number of nitriles is 1. The van der Waals surface area contributed by atoms with E-state index in [1.165, 1.54) is 30.8 Å². The van der Waals surface area contributed by atoms with Crippen LogP contribution in [0.5, 0.6) is 0 Å². The smallest absolute Gasteiger partial charge is 0.198 e. The fraction of sp³-hybridized carbons (Fsp3) is 0.421. The van der Waals surface area contributed by atoms with Crippen molar-refractivity contribution in [3.63, 3.8) is 0 Å². The minimum absolute atomic E-state index is 0.0117. The summed E-state index contributed by atoms with van der Waals surface area (Å²) >= 11 is 7.41. The van der Waals surface area contributed by atoms with Crippen LogP contribution in [-0.2, 0) is 14.6 Å². The number of rotatable bonds is 7. The molecule has 27 heavy (non-hydrogen) atoms. The standard InChI is InChI=1S/C19H20ClNO4S2/c1-3-27(24,25)19-12(2)14(20)9-8-13(19)18(23)17-15(22)6-4-7-16(17)26-11-5-10-21/h8-9H,3-7,11H2,1-2H3. The average molecular weight is 426 g/mol. The van der Waals surface area contributed by atoms with Crippen LogP contribution < -0.4 is 0 Å². The number of Topliss-reactive ketones (excluding diaryl/α,β-unsaturated/α-hetero) is 2. The third-order valence-electron chi connectivity index (χ3n) is 4.36. The first-order valence-electron chi connectivity index (χ1n) is 8.57. The largest absolute Gasteiger partial charge is 0.294 e. The van der Waals surface area contributed by atoms with Gasteiger partial charge in [0.25, 0.3) is 0 Å². The normalized spacial score (nSPS) is 15.0. The SMILES string of the molecule is CCS(=O)(=O)c1c(C(=O)C2=C(SCCC#N)CCCC2=O)ccc(Cl)c1C. The topological polar surface area (TPSA) is 92.1 Å². The Morgan fingerprint density at radius 2 is 2.04 bits per heavy atom. The second-order valence-corrected chi connectivity index (χ2v) is 9.93. The van der Waals surface area contributed by atoms with Gasteiger partial charge in [-0.2, -0.15) is 5.26 Å². The molecule has 0 N–H and O–H groups in total. The van der Waals surface area contributed by atoms with E-state index in [2.05, 4.69) is 0 Å². The van der Waals surface area contributed by atoms with Gasteiger partial charge in [-0.05, 0) is 42.4 Å². The predicted octanol–water partition coefficient (Wildman–Crippen LogP) is 4.28. The van der Waals surface area contributed by atoms with E-state index < -0.39 is 15.6 Å². The van der Waals surface area contributed by atoms with Crippen molar-refractivity contribution in [2.75, 3.05) is 11.5 Å². The number of carbonyl (C=O) groups is 2. The highest BCUT2D eigenvalue weighted by Gasteiger charge is 2.32. The summed E-state index contributed by atoms with van der Waals surface area (Å²) < 4.78 is 25.2. The summed E-state index contributed by atoms with van der Waals surface area (Å²) in [6.07, 6.45) is 1.78. The second-order valence-electron chi connectivity index (χ2n) is 6.11. The summed E-state index contributed by atoms with van der Waals surface area (Å²) in [4.78, 5) is 26.3. The number of thioether (sulfide) groups is 1. The number of allylic oxidation sites excluding steroid dienone is 2. The summed E-state index contributed by atoms with van der Waals surface area (Å²) in [7, 11) is -3.71. The fourth-order valence-corrected chi connectivity index (χ4v) is 5.61. The number of hydrogen-bond acceptors (Lipinski definition) is 6. The van der Waals surface area contributed by atoms with Gasteiger partial charge in [-0.1, -0.05) is 18.5 Å². The minimum Gasteiger partial charge on any atom is -0.294 e. The van der Waals surface area contributed by atoms with Crippen molar-refractivity contribution in [1.29, 1.82) is 5.26 Å². The van der Waals surface area contributed by atoms with E-state index in [4.69, 9.17) is 16.9 Å². The van der Waals surface area contributed by atoms with E-state index in [-0.39, 0.29) is 39.0 Å². The van der Waals surface area contributed by atoms with E-state index in [1.54, 1.807) is 6.92 Å². The molecule has 2 rings (SSSR count). The number of ketones is 2. The number of halogens is 1. The Labute approximate surface area is 168 Å². The van der Waals surface area contributed by atoms with Crippen molar-refractivity contribution in [3.8, 4) is 6.07 Å². The molecule has 0 aliphatic heterocycles. The van der Waals surface area contributed by atoms with E-state index >= 15 is 0 Å². The van der Waals surface area contributed by atoms with Crippen molar-refractivity contribution < 1.29 is 18.0 Å². The molecule has 144 valence electrons. The molecule has 1 aromatic rings. The lowest BCUT2D eigenvalue weighted by Crippen LogP contribution is -2.22. The Balaban J connectivity index is 2.63. The van der Waals surface area contributed by atoms with Crippen molar-refractivity contribution in [1.82, 2.24) is 0 Å². The molecule has 0 radical (unpaired) electrons. The monoisotopic (exact) mass is 425 g/mol. The predicted molar refractivity (Wildman–Crippen MR) is 107 cm³/mol. The lowest BCUT2D eigenvalue weighted by molar-refractivity contribution is -0.115. The van der Waals surface area contributed by atoms with Crippen LogP contribution in [0.25, 0.3) is 0 Å². The summed E-state index contributed by atoms with van der Waals surface area (Å²) in [6, 6.07) is 4.90. The molecule has 1 aliphatic carbocycles. The zero-order valence-electron chi connectivity index (χ0n) is 15.2. The summed E-state index contributed by atoms with van der Waals surface area (Å²) in [6.45, 7) is 3.06. The highest BCUT2D eigenvalue weighted by molar-refractivity contribution is 8.03. The van der Waals surface area contributed by atoms with Crippen LogP contribution >= 0.6 is 23.4 Å². The van der Waals surface area contributed by atoms with Gasteiger partial charge in [0.2, 0.25) is 0 Å². The van der Waals surface area contributed by atoms with Crippen LogP contribution in [0.2, 0.25) is 5.02 Å². The average Bonchev–Trinajstić information content (AvgIpc) is 2.63. The number of carbonyl (C=O) groups excluding carboxylic acids is 2. The molecule has 1 aromatic carbocycles. The highest BCUT2D eigenvalue weighted by atomic mass is 35.5. The van der Waals surface area contributed by atoms with E-state index in [0.717, 1.165) is 0 Å². The zero-order chi connectivity index (χ0) is 20.2. The van der Waals surface area contributed by atoms with Gasteiger partial charge in [0.05, 0.1) is 22.3 Å². The van der Waals surface area contributed by atoms with Crippen molar-refractivity contribution in [2.24, 2.45) is 0 Å². The van der Waals surface area contributed by atoms with Crippen LogP contribution in [0.15, 0.2) is 27.5 Å². The van der Waals surface area contributed by atoms with Crippen molar-refractivity contribution in [2.45, 2.75) is 44.4 Å². The Morgan fingerprint density at radius 3 is 2.67 bits per heavy atom. The fourth-order valence-electron chi connectivity index (χ4n) is 2.96. The molecule has 0 heterocycles. The minimum atomic E-state index is -3.71. The van der Waals surface area contributed by atoms with Crippen LogP contribution in [0.3, 0.4) is 0 Å². The summed E-state index contributed by atoms with van der Waals surface area (Å²) in [5.74, 6) is -0.551. The van der Waals surface area contributed by atoms with Gasteiger partial charge in [0, 0.05) is 29.2 Å². The molecule has 0 spiro atoms. The van der Waals surface area contributed by atoms with Crippen LogP contribution in [-0.4, -0.2) is 31.5 Å². The van der Waals surface area contributed by atoms with Gasteiger partial charge in [-0.25, -0.2) is 8.42 Å². The lowest BCUT2D eigenvalue weighted by atomic mass is 9.91. The Morgan fingerprint density at radius 1 is 1.33 bits per heavy atom. The molecular weight excluding hydrogens is 406 g/mol. The maximum Gasteiger partial charge on any atom is 0.198 e. The first-order valence-corrected chi connectivity index (χ1v) is 11.6. The quantitative estimate of drug-likeness (QED) is 0.367. The molecular formula is C19H20ClNO4S2. The van der Waals surface area contributed by atoms with Crippen LogP contribution in [0.1, 0.15) is 48.5 Å². The Hall–Kier alpha value is -1.62. The zero-order valence-corrected chi connectivity index (χ0v) is 17.6. The molecule has 0 aromatic heterocycles. The van der Waals surface area contributed by atoms with Gasteiger partial charge >= 0.3 is 0 Å². The highest BCUT2D eigenvalue weighted by Crippen LogP contribution is 2.36. The molecule has 0 saturated heterocycles. The molecule has 5 nitrogen and oxygen atoms in total. The first kappa shape index (κ1) is 21.7. The maximum atomic E-state index is 13.2. The van der Waals surface area contributed by atoms with Crippen LogP contribution in [0, 0.1) is 18.3 Å². The number of hydrogen-bond donors (Lipinski definition) is 0. The Kier molecular flexibility index (Phi) is 7.26. The van der Waals surface area contributed by atoms with E-state index in [9.17, 15) is 18.0 Å². The Bertz CT molecular complexity index is 959. The lowest BCUT2D eigenvalue weighted by Gasteiger charge is -2.20. The maximum absolute atomic E-state index is 13.2. The molecule has 0 unspecified atom stereocenters. The molecule has 1 aliphatic rings. The number of nitrogens with zero attached hydrogens (tertiary/aromatic N) is 1. The van der Waals surface area contributed by atoms with Crippen molar-refractivity contribution in [3.05, 3.63) is 38.8 Å². The third-order valence-corrected chi connectivity index (χ3v) is 7.84. The van der Waals surface area contributed by atoms with Gasteiger partial charge in [0.1, 0.15) is 0 Å². The van der Waals surface area contributed by atoms with Crippen molar-refractivity contribution >= 4 is 44.8 Å².